The number of aromatic nitrogens is 3. The number of hydrogen-bond donors (Lipinski definition) is 3. The largest absolute Gasteiger partial charge is 0.396 e. The van der Waals surface area contributed by atoms with Gasteiger partial charge in [-0.05, 0) is 43.2 Å². The van der Waals surface area contributed by atoms with Crippen LogP contribution in [0.25, 0.3) is 0 Å². The zero-order valence-corrected chi connectivity index (χ0v) is 18.1. The van der Waals surface area contributed by atoms with Gasteiger partial charge < -0.3 is 15.7 Å². The van der Waals surface area contributed by atoms with E-state index >= 15 is 0 Å². The second-order valence-corrected chi connectivity index (χ2v) is 7.98. The number of hydrogen-bond acceptors (Lipinski definition) is 5. The smallest absolute Gasteiger partial charge is 0.255 e. The van der Waals surface area contributed by atoms with E-state index in [0.717, 1.165) is 21.4 Å². The van der Waals surface area contributed by atoms with E-state index in [4.69, 9.17) is 5.11 Å². The van der Waals surface area contributed by atoms with Crippen LogP contribution in [0.4, 0.5) is 11.6 Å². The van der Waals surface area contributed by atoms with Crippen molar-refractivity contribution in [1.82, 2.24) is 14.8 Å². The number of aryl methyl sites for hydroxylation is 1. The maximum Gasteiger partial charge on any atom is 0.255 e. The summed E-state index contributed by atoms with van der Waals surface area (Å²) in [6, 6.07) is 16.8. The van der Waals surface area contributed by atoms with Gasteiger partial charge in [-0.2, -0.15) is 10.1 Å². The van der Waals surface area contributed by atoms with Crippen molar-refractivity contribution in [2.24, 2.45) is 0 Å². The van der Waals surface area contributed by atoms with Crippen LogP contribution in [0.3, 0.4) is 0 Å². The molecule has 2 heterocycles. The molecule has 4 rings (SSSR count). The number of rotatable bonds is 6. The lowest BCUT2D eigenvalue weighted by molar-refractivity contribution is -0.113. The van der Waals surface area contributed by atoms with Gasteiger partial charge in [0.05, 0.1) is 5.57 Å². The molecule has 0 spiro atoms. The summed E-state index contributed by atoms with van der Waals surface area (Å²) >= 11 is 3.47. The third kappa shape index (κ3) is 4.15. The number of allylic oxidation sites excluding steroid dienone is 1. The molecular weight excluding hydrogens is 446 g/mol. The number of nitrogens with one attached hydrogen (secondary N) is 2. The van der Waals surface area contributed by atoms with Crippen molar-refractivity contribution in [3.8, 4) is 0 Å². The predicted molar refractivity (Wildman–Crippen MR) is 119 cm³/mol. The Bertz CT molecular complexity index is 1080. The first-order chi connectivity index (χ1) is 14.6. The van der Waals surface area contributed by atoms with E-state index in [1.165, 1.54) is 0 Å². The van der Waals surface area contributed by atoms with Crippen LogP contribution in [-0.2, 0) is 11.2 Å². The minimum absolute atomic E-state index is 0.0788. The van der Waals surface area contributed by atoms with Crippen LogP contribution in [0.15, 0.2) is 70.3 Å². The van der Waals surface area contributed by atoms with E-state index in [2.05, 4.69) is 36.6 Å². The molecule has 1 aliphatic heterocycles. The van der Waals surface area contributed by atoms with Crippen LogP contribution >= 0.6 is 15.9 Å². The summed E-state index contributed by atoms with van der Waals surface area (Å²) in [5.41, 5.74) is 2.96. The van der Waals surface area contributed by atoms with E-state index in [1.807, 2.05) is 61.5 Å². The van der Waals surface area contributed by atoms with Crippen molar-refractivity contribution in [2.75, 3.05) is 17.2 Å². The Kier molecular flexibility index (Phi) is 5.96. The van der Waals surface area contributed by atoms with E-state index in [1.54, 1.807) is 4.68 Å². The maximum absolute atomic E-state index is 13.3. The van der Waals surface area contributed by atoms with Gasteiger partial charge in [-0.1, -0.05) is 46.3 Å². The first kappa shape index (κ1) is 20.3. The van der Waals surface area contributed by atoms with Crippen LogP contribution in [0, 0.1) is 0 Å². The highest BCUT2D eigenvalue weighted by atomic mass is 79.9. The van der Waals surface area contributed by atoms with Crippen molar-refractivity contribution >= 4 is 33.5 Å². The van der Waals surface area contributed by atoms with Crippen molar-refractivity contribution in [1.29, 1.82) is 0 Å². The van der Waals surface area contributed by atoms with Crippen molar-refractivity contribution in [3.63, 3.8) is 0 Å². The molecule has 8 heteroatoms. The molecule has 7 nitrogen and oxygen atoms in total. The predicted octanol–water partition coefficient (Wildman–Crippen LogP) is 3.89. The zero-order chi connectivity index (χ0) is 21.1. The minimum atomic E-state index is -0.423. The molecule has 1 atom stereocenters. The molecule has 0 saturated heterocycles. The molecule has 1 aromatic heterocycles. The molecule has 0 fully saturated rings. The van der Waals surface area contributed by atoms with Crippen molar-refractivity contribution in [3.05, 3.63) is 81.7 Å². The van der Waals surface area contributed by atoms with Gasteiger partial charge in [-0.3, -0.25) is 4.79 Å². The summed E-state index contributed by atoms with van der Waals surface area (Å²) in [4.78, 5) is 17.9. The molecule has 1 amide bonds. The van der Waals surface area contributed by atoms with E-state index < -0.39 is 6.04 Å². The van der Waals surface area contributed by atoms with Crippen LogP contribution in [0.1, 0.15) is 30.8 Å². The lowest BCUT2D eigenvalue weighted by Gasteiger charge is -2.28. The van der Waals surface area contributed by atoms with Gasteiger partial charge in [0.1, 0.15) is 6.04 Å². The van der Waals surface area contributed by atoms with E-state index in [9.17, 15) is 4.79 Å². The van der Waals surface area contributed by atoms with Gasteiger partial charge in [0.2, 0.25) is 5.95 Å². The van der Waals surface area contributed by atoms with Gasteiger partial charge in [-0.25, -0.2) is 4.68 Å². The molecule has 0 aliphatic carbocycles. The number of aliphatic hydroxyl groups excluding tert-OH is 1. The highest BCUT2D eigenvalue weighted by Gasteiger charge is 2.34. The number of amides is 1. The molecule has 3 aromatic rings. The number of carbonyl (C=O) groups excluding carboxylic acids is 1. The molecular formula is C22H22BrN5O2. The number of halogens is 1. The number of benzene rings is 2. The number of para-hydroxylation sites is 1. The standard InChI is InChI=1S/C22H22BrN5O2/c1-14-19(21(30)25-17-6-3-2-4-7-17)20(15-9-11-16(23)12-10-15)28-22(24-14)26-18(27-28)8-5-13-29/h2-4,6-7,9-12,20,29H,5,8,13H2,1H3,(H,25,30)(H,24,26,27)/t20-/m0/s1. The van der Waals surface area contributed by atoms with Crippen molar-refractivity contribution in [2.45, 2.75) is 25.8 Å². The fraction of sp³-hybridized carbons (Fsp3) is 0.227. The lowest BCUT2D eigenvalue weighted by atomic mass is 9.95. The summed E-state index contributed by atoms with van der Waals surface area (Å²) < 4.78 is 2.71. The Morgan fingerprint density at radius 3 is 2.63 bits per heavy atom. The third-order valence-electron chi connectivity index (χ3n) is 4.92. The Hall–Kier alpha value is -2.97. The Morgan fingerprint density at radius 1 is 1.20 bits per heavy atom. The quantitative estimate of drug-likeness (QED) is 0.511. The monoisotopic (exact) mass is 467 g/mol. The second-order valence-electron chi connectivity index (χ2n) is 7.06. The molecule has 0 bridgehead atoms. The molecule has 2 aromatic carbocycles. The molecule has 30 heavy (non-hydrogen) atoms. The van der Waals surface area contributed by atoms with Gasteiger partial charge in [0.25, 0.3) is 5.91 Å². The molecule has 0 saturated carbocycles. The molecule has 1 aliphatic rings. The fourth-order valence-corrected chi connectivity index (χ4v) is 3.77. The fourth-order valence-electron chi connectivity index (χ4n) is 3.51. The lowest BCUT2D eigenvalue weighted by Crippen LogP contribution is -2.31. The Labute approximate surface area is 183 Å². The van der Waals surface area contributed by atoms with Crippen LogP contribution in [0.2, 0.25) is 0 Å². The average Bonchev–Trinajstić information content (AvgIpc) is 3.15. The summed E-state index contributed by atoms with van der Waals surface area (Å²) in [5.74, 6) is 1.02. The Balaban J connectivity index is 1.75. The van der Waals surface area contributed by atoms with Gasteiger partial charge in [-0.15, -0.1) is 0 Å². The van der Waals surface area contributed by atoms with Crippen molar-refractivity contribution < 1.29 is 9.90 Å². The van der Waals surface area contributed by atoms with Crippen LogP contribution in [0.5, 0.6) is 0 Å². The number of nitrogens with zero attached hydrogens (tertiary/aromatic N) is 3. The normalized spacial score (nSPS) is 15.5. The topological polar surface area (TPSA) is 92.1 Å². The molecule has 0 unspecified atom stereocenters. The molecule has 3 N–H and O–H groups in total. The molecule has 154 valence electrons. The van der Waals surface area contributed by atoms with E-state index in [0.29, 0.717) is 30.2 Å². The number of aliphatic hydroxyl groups is 1. The van der Waals surface area contributed by atoms with Crippen LogP contribution < -0.4 is 10.6 Å². The minimum Gasteiger partial charge on any atom is -0.396 e. The number of anilines is 2. The average molecular weight is 468 g/mol. The zero-order valence-electron chi connectivity index (χ0n) is 16.5. The maximum atomic E-state index is 13.3. The summed E-state index contributed by atoms with van der Waals surface area (Å²) in [5, 5.41) is 20.0. The number of fused-ring (bicyclic) bond motifs is 1. The summed E-state index contributed by atoms with van der Waals surface area (Å²) in [6.07, 6.45) is 1.15. The van der Waals surface area contributed by atoms with Gasteiger partial charge in [0, 0.05) is 28.9 Å². The van der Waals surface area contributed by atoms with E-state index in [-0.39, 0.29) is 12.5 Å². The first-order valence-corrected chi connectivity index (χ1v) is 10.5. The summed E-state index contributed by atoms with van der Waals surface area (Å²) in [7, 11) is 0. The first-order valence-electron chi connectivity index (χ1n) is 9.72. The Morgan fingerprint density at radius 2 is 1.93 bits per heavy atom. The SMILES string of the molecule is CC1=C(C(=O)Nc2ccccc2)[C@H](c2ccc(Br)cc2)n2nc(CCCO)nc2N1. The van der Waals surface area contributed by atoms with Gasteiger partial charge in [0.15, 0.2) is 5.82 Å². The summed E-state index contributed by atoms with van der Waals surface area (Å²) in [6.45, 7) is 1.95. The third-order valence-corrected chi connectivity index (χ3v) is 5.45. The number of carbonyl (C=O) groups is 1. The highest BCUT2D eigenvalue weighted by Crippen LogP contribution is 2.36. The molecule has 0 radical (unpaired) electrons. The van der Waals surface area contributed by atoms with Crippen LogP contribution in [-0.4, -0.2) is 32.4 Å². The second kappa shape index (κ2) is 8.81. The highest BCUT2D eigenvalue weighted by molar-refractivity contribution is 9.10. The van der Waals surface area contributed by atoms with Gasteiger partial charge >= 0.3 is 0 Å².